The fourth-order valence-electron chi connectivity index (χ4n) is 2.74. The van der Waals surface area contributed by atoms with E-state index in [0.717, 1.165) is 38.6 Å². The number of hydrogen-bond acceptors (Lipinski definition) is 3. The lowest BCUT2D eigenvalue weighted by molar-refractivity contribution is -0.135. The van der Waals surface area contributed by atoms with Crippen molar-refractivity contribution in [3.63, 3.8) is 0 Å². The Bertz CT molecular complexity index is 260. The van der Waals surface area contributed by atoms with E-state index in [2.05, 4.69) is 17.3 Å². The van der Waals surface area contributed by atoms with Gasteiger partial charge < -0.3 is 10.2 Å². The molecule has 0 aromatic rings. The minimum Gasteiger partial charge on any atom is -0.342 e. The van der Waals surface area contributed by atoms with Crippen molar-refractivity contribution in [2.24, 2.45) is 5.92 Å². The Balaban J connectivity index is 2.34. The van der Waals surface area contributed by atoms with Crippen LogP contribution < -0.4 is 5.32 Å². The number of nitrogens with one attached hydrogen (secondary N) is 1. The van der Waals surface area contributed by atoms with Crippen molar-refractivity contribution >= 4 is 5.91 Å². The van der Waals surface area contributed by atoms with Crippen LogP contribution in [0.15, 0.2) is 0 Å². The normalized spacial score (nSPS) is 18.6. The quantitative estimate of drug-likeness (QED) is 0.762. The van der Waals surface area contributed by atoms with Crippen molar-refractivity contribution in [1.29, 1.82) is 0 Å². The van der Waals surface area contributed by atoms with Crippen molar-refractivity contribution < 1.29 is 4.79 Å². The summed E-state index contributed by atoms with van der Waals surface area (Å²) in [6, 6.07) is 0.00150. The second-order valence-electron chi connectivity index (χ2n) is 5.65. The summed E-state index contributed by atoms with van der Waals surface area (Å²) in [5, 5.41) is 3.40. The van der Waals surface area contributed by atoms with Gasteiger partial charge in [0.05, 0.1) is 6.04 Å². The maximum absolute atomic E-state index is 12.3. The summed E-state index contributed by atoms with van der Waals surface area (Å²) in [5.41, 5.74) is 0. The largest absolute Gasteiger partial charge is 0.342 e. The summed E-state index contributed by atoms with van der Waals surface area (Å²) in [4.78, 5) is 16.4. The number of rotatable bonds is 7. The van der Waals surface area contributed by atoms with Gasteiger partial charge in [-0.05, 0) is 72.6 Å². The van der Waals surface area contributed by atoms with E-state index < -0.39 is 0 Å². The van der Waals surface area contributed by atoms with Crippen LogP contribution in [-0.4, -0.2) is 61.5 Å². The van der Waals surface area contributed by atoms with Crippen LogP contribution in [0.2, 0.25) is 0 Å². The number of piperidine rings is 1. The van der Waals surface area contributed by atoms with Gasteiger partial charge in [-0.15, -0.1) is 0 Å². The maximum atomic E-state index is 12.3. The molecule has 0 spiro atoms. The van der Waals surface area contributed by atoms with Gasteiger partial charge in [-0.3, -0.25) is 9.69 Å². The van der Waals surface area contributed by atoms with E-state index in [0.29, 0.717) is 0 Å². The van der Waals surface area contributed by atoms with Gasteiger partial charge in [0.15, 0.2) is 0 Å². The van der Waals surface area contributed by atoms with E-state index in [-0.39, 0.29) is 11.9 Å². The minimum absolute atomic E-state index is 0.00150. The number of nitrogens with zero attached hydrogens (tertiary/aromatic N) is 2. The van der Waals surface area contributed by atoms with Gasteiger partial charge in [-0.2, -0.15) is 0 Å². The number of carbonyl (C=O) groups is 1. The van der Waals surface area contributed by atoms with Gasteiger partial charge in [0.25, 0.3) is 0 Å². The monoisotopic (exact) mass is 269 g/mol. The second kappa shape index (κ2) is 8.54. The van der Waals surface area contributed by atoms with Crippen LogP contribution in [0.25, 0.3) is 0 Å². The average Bonchev–Trinajstić information content (AvgIpc) is 2.46. The molecule has 19 heavy (non-hydrogen) atoms. The molecule has 1 heterocycles. The SMILES string of the molecule is CCN(CC)C(=O)C(C)N(C)CCC1CCNCC1. The highest BCUT2D eigenvalue weighted by atomic mass is 16.2. The molecule has 1 amide bonds. The summed E-state index contributed by atoms with van der Waals surface area (Å²) in [5.74, 6) is 1.09. The summed E-state index contributed by atoms with van der Waals surface area (Å²) >= 11 is 0. The van der Waals surface area contributed by atoms with E-state index in [1.807, 2.05) is 25.7 Å². The average molecular weight is 269 g/mol. The van der Waals surface area contributed by atoms with Crippen molar-refractivity contribution in [2.45, 2.75) is 46.1 Å². The Kier molecular flexibility index (Phi) is 7.39. The zero-order valence-electron chi connectivity index (χ0n) is 13.1. The van der Waals surface area contributed by atoms with Crippen LogP contribution in [0, 0.1) is 5.92 Å². The number of likely N-dealkylation sites (N-methyl/N-ethyl adjacent to an activating group) is 2. The van der Waals surface area contributed by atoms with Crippen LogP contribution in [0.5, 0.6) is 0 Å². The molecule has 1 rings (SSSR count). The van der Waals surface area contributed by atoms with E-state index >= 15 is 0 Å². The van der Waals surface area contributed by atoms with Crippen molar-refractivity contribution in [3.8, 4) is 0 Å². The van der Waals surface area contributed by atoms with E-state index in [1.165, 1.54) is 19.3 Å². The van der Waals surface area contributed by atoms with Gasteiger partial charge in [-0.1, -0.05) is 0 Å². The molecule has 0 radical (unpaired) electrons. The van der Waals surface area contributed by atoms with E-state index in [9.17, 15) is 4.79 Å². The Labute approximate surface area is 118 Å². The Morgan fingerprint density at radius 3 is 2.37 bits per heavy atom. The van der Waals surface area contributed by atoms with Gasteiger partial charge >= 0.3 is 0 Å². The molecule has 1 aliphatic rings. The summed E-state index contributed by atoms with van der Waals surface area (Å²) in [6.45, 7) is 11.1. The Hall–Kier alpha value is -0.610. The minimum atomic E-state index is 0.00150. The molecule has 1 aliphatic heterocycles. The molecule has 1 atom stereocenters. The molecular formula is C15H31N3O. The molecule has 0 aromatic carbocycles. The van der Waals surface area contributed by atoms with Crippen LogP contribution in [0.1, 0.15) is 40.0 Å². The summed E-state index contributed by atoms with van der Waals surface area (Å²) in [7, 11) is 2.08. The Morgan fingerprint density at radius 1 is 1.26 bits per heavy atom. The van der Waals surface area contributed by atoms with Gasteiger partial charge in [-0.25, -0.2) is 0 Å². The highest BCUT2D eigenvalue weighted by Crippen LogP contribution is 2.16. The first-order chi connectivity index (χ1) is 9.10. The van der Waals surface area contributed by atoms with Gasteiger partial charge in [0, 0.05) is 13.1 Å². The summed E-state index contributed by atoms with van der Waals surface area (Å²) < 4.78 is 0. The van der Waals surface area contributed by atoms with Crippen molar-refractivity contribution in [2.75, 3.05) is 39.8 Å². The molecule has 1 saturated heterocycles. The maximum Gasteiger partial charge on any atom is 0.239 e. The van der Waals surface area contributed by atoms with Crippen LogP contribution in [0.3, 0.4) is 0 Å². The molecule has 0 aliphatic carbocycles. The molecule has 112 valence electrons. The molecule has 4 heteroatoms. The van der Waals surface area contributed by atoms with Crippen LogP contribution >= 0.6 is 0 Å². The number of amides is 1. The smallest absolute Gasteiger partial charge is 0.239 e. The first-order valence-electron chi connectivity index (χ1n) is 7.79. The molecule has 1 fully saturated rings. The predicted octanol–water partition coefficient (Wildman–Crippen LogP) is 1.56. The fraction of sp³-hybridized carbons (Fsp3) is 0.933. The highest BCUT2D eigenvalue weighted by Gasteiger charge is 2.22. The third kappa shape index (κ3) is 5.11. The predicted molar refractivity (Wildman–Crippen MR) is 80.2 cm³/mol. The van der Waals surface area contributed by atoms with Gasteiger partial charge in [0.2, 0.25) is 5.91 Å². The topological polar surface area (TPSA) is 35.6 Å². The molecule has 1 N–H and O–H groups in total. The number of carbonyl (C=O) groups excluding carboxylic acids is 1. The third-order valence-electron chi connectivity index (χ3n) is 4.44. The number of hydrogen-bond donors (Lipinski definition) is 1. The molecule has 0 saturated carbocycles. The van der Waals surface area contributed by atoms with Crippen molar-refractivity contribution in [1.82, 2.24) is 15.1 Å². The lowest BCUT2D eigenvalue weighted by Gasteiger charge is -2.31. The molecule has 0 aromatic heterocycles. The molecule has 1 unspecified atom stereocenters. The highest BCUT2D eigenvalue weighted by molar-refractivity contribution is 5.81. The van der Waals surface area contributed by atoms with E-state index in [4.69, 9.17) is 0 Å². The third-order valence-corrected chi connectivity index (χ3v) is 4.44. The molecule has 4 nitrogen and oxygen atoms in total. The zero-order valence-corrected chi connectivity index (χ0v) is 13.1. The standard InChI is InChI=1S/C15H31N3O/c1-5-18(6-2)15(19)13(3)17(4)12-9-14-7-10-16-11-8-14/h13-14,16H,5-12H2,1-4H3. The zero-order chi connectivity index (χ0) is 14.3. The summed E-state index contributed by atoms with van der Waals surface area (Å²) in [6.07, 6.45) is 3.78. The van der Waals surface area contributed by atoms with Crippen LogP contribution in [0.4, 0.5) is 0 Å². The van der Waals surface area contributed by atoms with Gasteiger partial charge in [0.1, 0.15) is 0 Å². The Morgan fingerprint density at radius 2 is 1.84 bits per heavy atom. The van der Waals surface area contributed by atoms with E-state index in [1.54, 1.807) is 0 Å². The fourth-order valence-corrected chi connectivity index (χ4v) is 2.74. The van der Waals surface area contributed by atoms with Crippen LogP contribution in [-0.2, 0) is 4.79 Å². The van der Waals surface area contributed by atoms with Crippen molar-refractivity contribution in [3.05, 3.63) is 0 Å². The molecular weight excluding hydrogens is 238 g/mol. The second-order valence-corrected chi connectivity index (χ2v) is 5.65. The first kappa shape index (κ1) is 16.4. The lowest BCUT2D eigenvalue weighted by Crippen LogP contribution is -2.46. The first-order valence-corrected chi connectivity index (χ1v) is 7.79. The molecule has 0 bridgehead atoms. The lowest BCUT2D eigenvalue weighted by atomic mass is 9.94.